The summed E-state index contributed by atoms with van der Waals surface area (Å²) in [6.07, 6.45) is 3.90. The number of thioether (sulfide) groups is 1. The minimum atomic E-state index is -0.883. The Kier molecular flexibility index (Phi) is 9.60. The van der Waals surface area contributed by atoms with Gasteiger partial charge in [0.1, 0.15) is 0 Å². The highest BCUT2D eigenvalue weighted by Crippen LogP contribution is 2.27. The Morgan fingerprint density at radius 1 is 1.18 bits per heavy atom. The van der Waals surface area contributed by atoms with Crippen LogP contribution in [0.15, 0.2) is 4.99 Å². The average Bonchev–Trinajstić information content (AvgIpc) is 2.68. The summed E-state index contributed by atoms with van der Waals surface area (Å²) in [6, 6.07) is 0.354. The van der Waals surface area contributed by atoms with Gasteiger partial charge in [0.25, 0.3) is 0 Å². The molecule has 8 heteroatoms. The highest BCUT2D eigenvalue weighted by molar-refractivity contribution is 7.99. The molecule has 2 fully saturated rings. The lowest BCUT2D eigenvalue weighted by atomic mass is 9.85. The molecule has 1 saturated heterocycles. The molecular formula is C20H38N4O2S2. The number of carbonyl (C=O) groups excluding carboxylic acids is 1. The summed E-state index contributed by atoms with van der Waals surface area (Å²) in [5.74, 6) is 4.08. The molecule has 1 aliphatic carbocycles. The van der Waals surface area contributed by atoms with Gasteiger partial charge in [-0.3, -0.25) is 14.0 Å². The Morgan fingerprint density at radius 2 is 1.82 bits per heavy atom. The van der Waals surface area contributed by atoms with Crippen LogP contribution in [0.3, 0.4) is 0 Å². The molecule has 1 heterocycles. The maximum Gasteiger partial charge on any atom is 0.225 e. The number of aliphatic imine (C=N–C) groups is 1. The Bertz CT molecular complexity index is 549. The van der Waals surface area contributed by atoms with E-state index in [1.165, 1.54) is 0 Å². The maximum atomic E-state index is 12.7. The van der Waals surface area contributed by atoms with Crippen LogP contribution in [0.1, 0.15) is 53.4 Å². The molecule has 1 unspecified atom stereocenters. The predicted octanol–water partition coefficient (Wildman–Crippen LogP) is 2.22. The minimum absolute atomic E-state index is 0.190. The molecule has 0 aromatic heterocycles. The van der Waals surface area contributed by atoms with Crippen molar-refractivity contribution in [2.45, 2.75) is 64.2 Å². The second-order valence-electron chi connectivity index (χ2n) is 8.55. The van der Waals surface area contributed by atoms with E-state index in [0.717, 1.165) is 62.8 Å². The van der Waals surface area contributed by atoms with Gasteiger partial charge in [-0.05, 0) is 53.4 Å². The van der Waals surface area contributed by atoms with E-state index in [1.54, 1.807) is 0 Å². The zero-order valence-corrected chi connectivity index (χ0v) is 19.6. The van der Waals surface area contributed by atoms with Crippen LogP contribution in [-0.4, -0.2) is 75.2 Å². The van der Waals surface area contributed by atoms with Gasteiger partial charge in [0.05, 0.1) is 6.54 Å². The van der Waals surface area contributed by atoms with Crippen molar-refractivity contribution in [3.63, 3.8) is 0 Å². The molecule has 28 heavy (non-hydrogen) atoms. The molecule has 0 aromatic rings. The van der Waals surface area contributed by atoms with Gasteiger partial charge in [-0.1, -0.05) is 0 Å². The Balaban J connectivity index is 1.78. The van der Waals surface area contributed by atoms with Gasteiger partial charge < -0.3 is 15.5 Å². The molecule has 1 aliphatic heterocycles. The number of amides is 1. The predicted molar refractivity (Wildman–Crippen MR) is 122 cm³/mol. The molecule has 2 N–H and O–H groups in total. The number of carbonyl (C=O) groups is 1. The van der Waals surface area contributed by atoms with Crippen molar-refractivity contribution in [3.8, 4) is 0 Å². The van der Waals surface area contributed by atoms with Crippen LogP contribution in [0.25, 0.3) is 0 Å². The normalized spacial score (nSPS) is 25.3. The third kappa shape index (κ3) is 7.58. The summed E-state index contributed by atoms with van der Waals surface area (Å²) in [7, 11) is -0.883. The summed E-state index contributed by atoms with van der Waals surface area (Å²) < 4.78 is 12.0. The van der Waals surface area contributed by atoms with Gasteiger partial charge in [-0.15, -0.1) is 0 Å². The van der Waals surface area contributed by atoms with Gasteiger partial charge in [0.15, 0.2) is 5.96 Å². The quantitative estimate of drug-likeness (QED) is 0.499. The largest absolute Gasteiger partial charge is 0.357 e. The first-order chi connectivity index (χ1) is 13.3. The van der Waals surface area contributed by atoms with E-state index in [0.29, 0.717) is 24.2 Å². The fraction of sp³-hybridized carbons (Fsp3) is 0.900. The Morgan fingerprint density at radius 3 is 2.39 bits per heavy atom. The second kappa shape index (κ2) is 11.4. The van der Waals surface area contributed by atoms with Crippen molar-refractivity contribution < 1.29 is 9.00 Å². The smallest absolute Gasteiger partial charge is 0.225 e. The molecular weight excluding hydrogens is 392 g/mol. The Labute approximate surface area is 177 Å². The topological polar surface area (TPSA) is 73.8 Å². The maximum absolute atomic E-state index is 12.7. The number of nitrogens with zero attached hydrogens (tertiary/aromatic N) is 2. The van der Waals surface area contributed by atoms with Gasteiger partial charge >= 0.3 is 0 Å². The fourth-order valence-electron chi connectivity index (χ4n) is 3.59. The molecule has 0 spiro atoms. The third-order valence-electron chi connectivity index (χ3n) is 5.31. The molecule has 6 nitrogen and oxygen atoms in total. The van der Waals surface area contributed by atoms with Crippen LogP contribution in [0, 0.1) is 5.92 Å². The lowest BCUT2D eigenvalue weighted by Gasteiger charge is -2.34. The number of nitrogens with one attached hydrogen (secondary N) is 2. The molecule has 0 radical (unpaired) electrons. The van der Waals surface area contributed by atoms with E-state index in [9.17, 15) is 9.00 Å². The van der Waals surface area contributed by atoms with Gasteiger partial charge in [-0.25, -0.2) is 0 Å². The van der Waals surface area contributed by atoms with Crippen LogP contribution >= 0.6 is 11.8 Å². The first kappa shape index (κ1) is 23.5. The van der Waals surface area contributed by atoms with E-state index in [4.69, 9.17) is 0 Å². The number of guanidine groups is 1. The van der Waals surface area contributed by atoms with Crippen molar-refractivity contribution in [1.29, 1.82) is 0 Å². The zero-order chi connectivity index (χ0) is 20.6. The van der Waals surface area contributed by atoms with Crippen LogP contribution in [0.5, 0.6) is 0 Å². The van der Waals surface area contributed by atoms with Gasteiger partial charge in [0, 0.05) is 64.4 Å². The summed E-state index contributed by atoms with van der Waals surface area (Å²) >= 11 is 1.94. The number of hydrogen-bond acceptors (Lipinski definition) is 4. The van der Waals surface area contributed by atoms with Gasteiger partial charge in [-0.2, -0.15) is 11.8 Å². The summed E-state index contributed by atoms with van der Waals surface area (Å²) in [5.41, 5.74) is 0. The number of rotatable bonds is 6. The van der Waals surface area contributed by atoms with E-state index in [-0.39, 0.29) is 10.7 Å². The third-order valence-corrected chi connectivity index (χ3v) is 8.18. The molecule has 0 aromatic carbocycles. The van der Waals surface area contributed by atoms with Crippen LogP contribution < -0.4 is 10.6 Å². The van der Waals surface area contributed by atoms with Crippen molar-refractivity contribution in [1.82, 2.24) is 15.5 Å². The van der Waals surface area contributed by atoms with E-state index >= 15 is 0 Å². The monoisotopic (exact) mass is 430 g/mol. The molecule has 2 aliphatic rings. The summed E-state index contributed by atoms with van der Waals surface area (Å²) in [4.78, 5) is 19.4. The molecule has 0 bridgehead atoms. The summed E-state index contributed by atoms with van der Waals surface area (Å²) in [5, 5.41) is 6.81. The van der Waals surface area contributed by atoms with Crippen molar-refractivity contribution in [3.05, 3.63) is 0 Å². The zero-order valence-electron chi connectivity index (χ0n) is 18.0. The van der Waals surface area contributed by atoms with Crippen molar-refractivity contribution >= 4 is 34.4 Å². The first-order valence-electron chi connectivity index (χ1n) is 10.6. The molecule has 1 saturated carbocycles. The van der Waals surface area contributed by atoms with Gasteiger partial charge in [0.2, 0.25) is 5.91 Å². The van der Waals surface area contributed by atoms with E-state index < -0.39 is 10.8 Å². The van der Waals surface area contributed by atoms with Crippen LogP contribution in [0.4, 0.5) is 0 Å². The Hall–Kier alpha value is -0.760. The fourth-order valence-corrected chi connectivity index (χ4v) is 5.36. The standard InChI is InChI=1S/C20H38N4O2S2/c1-5-21-19(22-10-15-28(26)20(2,3)4)23-17-8-6-16(7-9-17)18(25)24-11-13-27-14-12-24/h16-17H,5-15H2,1-4H3,(H2,21,22,23). The molecule has 1 atom stereocenters. The highest BCUT2D eigenvalue weighted by atomic mass is 32.2. The van der Waals surface area contributed by atoms with E-state index in [2.05, 4.69) is 27.4 Å². The second-order valence-corrected chi connectivity index (χ2v) is 12.1. The highest BCUT2D eigenvalue weighted by Gasteiger charge is 2.30. The van der Waals surface area contributed by atoms with Crippen LogP contribution in [-0.2, 0) is 15.6 Å². The lowest BCUT2D eigenvalue weighted by Crippen LogP contribution is -2.47. The number of hydrogen-bond donors (Lipinski definition) is 2. The minimum Gasteiger partial charge on any atom is -0.357 e. The molecule has 1 amide bonds. The van der Waals surface area contributed by atoms with Crippen LogP contribution in [0.2, 0.25) is 0 Å². The first-order valence-corrected chi connectivity index (χ1v) is 13.1. The lowest BCUT2D eigenvalue weighted by molar-refractivity contribution is -0.136. The van der Waals surface area contributed by atoms with Crippen molar-refractivity contribution in [2.75, 3.05) is 43.4 Å². The molecule has 162 valence electrons. The van der Waals surface area contributed by atoms with Crippen molar-refractivity contribution in [2.24, 2.45) is 10.9 Å². The SMILES string of the molecule is CCNC(=NCCS(=O)C(C)(C)C)NC1CCC(C(=O)N2CCSCC2)CC1. The average molecular weight is 431 g/mol. The van der Waals surface area contributed by atoms with E-state index in [1.807, 2.05) is 32.5 Å². The molecule has 2 rings (SSSR count). The summed E-state index contributed by atoms with van der Waals surface area (Å²) in [6.45, 7) is 11.2.